The average Bonchev–Trinajstić information content (AvgIpc) is 3.71. The molecule has 43 heavy (non-hydrogen) atoms. The third kappa shape index (κ3) is 3.08. The molecule has 200 valence electrons. The topological polar surface area (TPSA) is 23.0 Å². The Hall–Kier alpha value is -5.80. The van der Waals surface area contributed by atoms with Gasteiger partial charge in [-0.2, -0.15) is 0 Å². The van der Waals surface area contributed by atoms with Crippen molar-refractivity contribution in [1.29, 1.82) is 0 Å². The van der Waals surface area contributed by atoms with Gasteiger partial charge in [0.1, 0.15) is 11.2 Å². The number of rotatable bonds is 2. The standard InChI is InChI=1S/C40H24N2O/c1-2-12-27(13-3-1)41-35-20-19-34-39(40(35)32-22-25-10-4-5-11-26(25)23-36(32)41)30-15-6-8-16-33(30)42(34)28-18-21-38-31(24-28)29-14-7-9-17-37(29)43-38/h1-24H. The fourth-order valence-electron chi connectivity index (χ4n) is 7.24. The third-order valence-electron chi connectivity index (χ3n) is 9.06. The van der Waals surface area contributed by atoms with Crippen molar-refractivity contribution in [1.82, 2.24) is 9.13 Å². The third-order valence-corrected chi connectivity index (χ3v) is 9.06. The lowest BCUT2D eigenvalue weighted by Crippen LogP contribution is -1.94. The molecule has 0 amide bonds. The minimum absolute atomic E-state index is 0.908. The second-order valence-electron chi connectivity index (χ2n) is 11.4. The van der Waals surface area contributed by atoms with Gasteiger partial charge in [-0.15, -0.1) is 0 Å². The van der Waals surface area contributed by atoms with Gasteiger partial charge in [-0.1, -0.05) is 78.9 Å². The van der Waals surface area contributed by atoms with Crippen LogP contribution in [0.15, 0.2) is 150 Å². The Morgan fingerprint density at radius 1 is 0.349 bits per heavy atom. The molecule has 0 fully saturated rings. The summed E-state index contributed by atoms with van der Waals surface area (Å²) in [6.07, 6.45) is 0. The summed E-state index contributed by atoms with van der Waals surface area (Å²) in [5.74, 6) is 0. The highest BCUT2D eigenvalue weighted by molar-refractivity contribution is 6.30. The second kappa shape index (κ2) is 8.37. The van der Waals surface area contributed by atoms with Crippen LogP contribution in [0.25, 0.3) is 87.7 Å². The van der Waals surface area contributed by atoms with E-state index in [4.69, 9.17) is 4.42 Å². The van der Waals surface area contributed by atoms with Gasteiger partial charge in [0.2, 0.25) is 0 Å². The SMILES string of the molecule is c1ccc(-n2c3cc4ccccc4cc3c3c4c5ccccc5n(-c5ccc6oc7ccccc7c6c5)c4ccc32)cc1. The van der Waals surface area contributed by atoms with E-state index in [-0.39, 0.29) is 0 Å². The minimum Gasteiger partial charge on any atom is -0.456 e. The summed E-state index contributed by atoms with van der Waals surface area (Å²) in [6, 6.07) is 52.4. The molecule has 0 unspecified atom stereocenters. The molecule has 0 aliphatic rings. The van der Waals surface area contributed by atoms with E-state index in [9.17, 15) is 0 Å². The molecule has 0 aliphatic heterocycles. The lowest BCUT2D eigenvalue weighted by Gasteiger charge is -2.09. The van der Waals surface area contributed by atoms with Crippen molar-refractivity contribution < 1.29 is 4.42 Å². The van der Waals surface area contributed by atoms with Crippen molar-refractivity contribution in [2.75, 3.05) is 0 Å². The monoisotopic (exact) mass is 548 g/mol. The number of para-hydroxylation sites is 3. The number of hydrogen-bond donors (Lipinski definition) is 0. The number of hydrogen-bond acceptors (Lipinski definition) is 1. The van der Waals surface area contributed by atoms with E-state index < -0.39 is 0 Å². The molecule has 3 heterocycles. The smallest absolute Gasteiger partial charge is 0.135 e. The first kappa shape index (κ1) is 22.8. The molecule has 0 saturated heterocycles. The van der Waals surface area contributed by atoms with Crippen molar-refractivity contribution in [2.45, 2.75) is 0 Å². The fourth-order valence-corrected chi connectivity index (χ4v) is 7.24. The Balaban J connectivity index is 1.39. The first-order valence-corrected chi connectivity index (χ1v) is 14.7. The highest BCUT2D eigenvalue weighted by Crippen LogP contribution is 2.43. The molecule has 0 spiro atoms. The van der Waals surface area contributed by atoms with Gasteiger partial charge in [-0.25, -0.2) is 0 Å². The van der Waals surface area contributed by atoms with Crippen LogP contribution in [0.1, 0.15) is 0 Å². The predicted molar refractivity (Wildman–Crippen MR) is 180 cm³/mol. The summed E-state index contributed by atoms with van der Waals surface area (Å²) in [5, 5.41) is 9.84. The molecule has 7 aromatic carbocycles. The summed E-state index contributed by atoms with van der Waals surface area (Å²) >= 11 is 0. The molecule has 0 atom stereocenters. The Bertz CT molecular complexity index is 2720. The molecule has 0 N–H and O–H groups in total. The Labute approximate surface area is 246 Å². The van der Waals surface area contributed by atoms with E-state index in [1.165, 1.54) is 54.4 Å². The summed E-state index contributed by atoms with van der Waals surface area (Å²) in [7, 11) is 0. The van der Waals surface area contributed by atoms with Crippen LogP contribution in [-0.2, 0) is 0 Å². The Kier molecular flexibility index (Phi) is 4.45. The summed E-state index contributed by atoms with van der Waals surface area (Å²) < 4.78 is 11.0. The van der Waals surface area contributed by atoms with E-state index in [2.05, 4.69) is 143 Å². The van der Waals surface area contributed by atoms with Crippen LogP contribution in [0.2, 0.25) is 0 Å². The van der Waals surface area contributed by atoms with Gasteiger partial charge in [0.25, 0.3) is 0 Å². The zero-order valence-electron chi connectivity index (χ0n) is 23.2. The molecule has 3 heteroatoms. The van der Waals surface area contributed by atoms with Crippen molar-refractivity contribution in [3.8, 4) is 11.4 Å². The average molecular weight is 549 g/mol. The highest BCUT2D eigenvalue weighted by Gasteiger charge is 2.21. The summed E-state index contributed by atoms with van der Waals surface area (Å²) in [5.41, 5.74) is 8.93. The van der Waals surface area contributed by atoms with Crippen LogP contribution in [0.4, 0.5) is 0 Å². The molecule has 0 aliphatic carbocycles. The van der Waals surface area contributed by atoms with Crippen molar-refractivity contribution in [2.24, 2.45) is 0 Å². The normalized spacial score (nSPS) is 12.2. The molecule has 0 bridgehead atoms. The number of furan rings is 1. The molecule has 10 rings (SSSR count). The minimum atomic E-state index is 0.908. The van der Waals surface area contributed by atoms with E-state index in [1.807, 2.05) is 12.1 Å². The Morgan fingerprint density at radius 3 is 1.81 bits per heavy atom. The first-order chi connectivity index (χ1) is 21.3. The zero-order chi connectivity index (χ0) is 28.1. The quantitative estimate of drug-likeness (QED) is 0.211. The number of fused-ring (bicyclic) bond motifs is 11. The maximum atomic E-state index is 6.17. The molecule has 0 radical (unpaired) electrons. The van der Waals surface area contributed by atoms with Crippen LogP contribution in [0, 0.1) is 0 Å². The van der Waals surface area contributed by atoms with Gasteiger partial charge in [-0.05, 0) is 77.5 Å². The lowest BCUT2D eigenvalue weighted by atomic mass is 10.0. The van der Waals surface area contributed by atoms with Crippen LogP contribution in [0.3, 0.4) is 0 Å². The van der Waals surface area contributed by atoms with E-state index >= 15 is 0 Å². The van der Waals surface area contributed by atoms with Crippen LogP contribution >= 0.6 is 0 Å². The zero-order valence-corrected chi connectivity index (χ0v) is 23.2. The molecule has 10 aromatic rings. The Morgan fingerprint density at radius 2 is 0.977 bits per heavy atom. The van der Waals surface area contributed by atoms with Crippen molar-refractivity contribution >= 4 is 76.3 Å². The summed E-state index contributed by atoms with van der Waals surface area (Å²) in [4.78, 5) is 0. The number of nitrogens with zero attached hydrogens (tertiary/aromatic N) is 2. The highest BCUT2D eigenvalue weighted by atomic mass is 16.3. The maximum Gasteiger partial charge on any atom is 0.135 e. The van der Waals surface area contributed by atoms with Gasteiger partial charge < -0.3 is 13.6 Å². The number of benzene rings is 7. The molecule has 3 aromatic heterocycles. The molecular weight excluding hydrogens is 524 g/mol. The summed E-state index contributed by atoms with van der Waals surface area (Å²) in [6.45, 7) is 0. The van der Waals surface area contributed by atoms with Gasteiger partial charge in [0, 0.05) is 43.7 Å². The van der Waals surface area contributed by atoms with Gasteiger partial charge in [0.05, 0.1) is 22.1 Å². The first-order valence-electron chi connectivity index (χ1n) is 14.7. The molecule has 3 nitrogen and oxygen atoms in total. The lowest BCUT2D eigenvalue weighted by molar-refractivity contribution is 0.669. The van der Waals surface area contributed by atoms with Crippen molar-refractivity contribution in [3.05, 3.63) is 146 Å². The van der Waals surface area contributed by atoms with Gasteiger partial charge in [-0.3, -0.25) is 0 Å². The van der Waals surface area contributed by atoms with Crippen LogP contribution < -0.4 is 0 Å². The second-order valence-corrected chi connectivity index (χ2v) is 11.4. The van der Waals surface area contributed by atoms with E-state index in [0.29, 0.717) is 0 Å². The van der Waals surface area contributed by atoms with Crippen LogP contribution in [-0.4, -0.2) is 9.13 Å². The van der Waals surface area contributed by atoms with E-state index in [0.717, 1.165) is 33.3 Å². The fraction of sp³-hybridized carbons (Fsp3) is 0. The van der Waals surface area contributed by atoms with Gasteiger partial charge >= 0.3 is 0 Å². The van der Waals surface area contributed by atoms with Crippen LogP contribution in [0.5, 0.6) is 0 Å². The number of aromatic nitrogens is 2. The maximum absolute atomic E-state index is 6.17. The molecule has 0 saturated carbocycles. The van der Waals surface area contributed by atoms with Gasteiger partial charge in [0.15, 0.2) is 0 Å². The largest absolute Gasteiger partial charge is 0.456 e. The molecular formula is C40H24N2O. The van der Waals surface area contributed by atoms with E-state index in [1.54, 1.807) is 0 Å². The van der Waals surface area contributed by atoms with Crippen molar-refractivity contribution in [3.63, 3.8) is 0 Å². The predicted octanol–water partition coefficient (Wildman–Crippen LogP) is 10.9.